The summed E-state index contributed by atoms with van der Waals surface area (Å²) >= 11 is 1.67. The van der Waals surface area contributed by atoms with Crippen LogP contribution in [0.25, 0.3) is 0 Å². The first kappa shape index (κ1) is 14.7. The molecular weight excluding hydrogens is 270 g/mol. The summed E-state index contributed by atoms with van der Waals surface area (Å²) in [5, 5.41) is 3.20. The van der Waals surface area contributed by atoms with Gasteiger partial charge in [-0.25, -0.2) is 9.97 Å². The fourth-order valence-corrected chi connectivity index (χ4v) is 2.39. The van der Waals surface area contributed by atoms with Crippen molar-refractivity contribution in [1.82, 2.24) is 9.97 Å². The SMILES string of the molecule is CCNc1cc(C)nc(COc2ccccc2SC)n1. The summed E-state index contributed by atoms with van der Waals surface area (Å²) < 4.78 is 5.83. The van der Waals surface area contributed by atoms with E-state index in [1.54, 1.807) is 11.8 Å². The Hall–Kier alpha value is -1.75. The molecule has 0 spiro atoms. The van der Waals surface area contributed by atoms with E-state index in [1.165, 1.54) is 0 Å². The van der Waals surface area contributed by atoms with Crippen molar-refractivity contribution in [3.05, 3.63) is 41.9 Å². The molecule has 0 aliphatic rings. The first-order valence-corrected chi connectivity index (χ1v) is 7.79. The topological polar surface area (TPSA) is 47.0 Å². The van der Waals surface area contributed by atoms with Gasteiger partial charge >= 0.3 is 0 Å². The van der Waals surface area contributed by atoms with E-state index in [0.717, 1.165) is 28.7 Å². The Morgan fingerprint density at radius 1 is 1.25 bits per heavy atom. The molecular formula is C15H19N3OS. The number of ether oxygens (including phenoxy) is 1. The highest BCUT2D eigenvalue weighted by atomic mass is 32.2. The Morgan fingerprint density at radius 3 is 2.80 bits per heavy atom. The van der Waals surface area contributed by atoms with Crippen molar-refractivity contribution in [2.75, 3.05) is 18.1 Å². The first-order valence-electron chi connectivity index (χ1n) is 6.57. The monoisotopic (exact) mass is 289 g/mol. The second-order valence-electron chi connectivity index (χ2n) is 4.28. The molecule has 0 atom stereocenters. The number of aromatic nitrogens is 2. The van der Waals surface area contributed by atoms with Crippen LogP contribution in [-0.4, -0.2) is 22.8 Å². The molecule has 4 nitrogen and oxygen atoms in total. The van der Waals surface area contributed by atoms with E-state index in [0.29, 0.717) is 12.4 Å². The molecule has 0 bridgehead atoms. The van der Waals surface area contributed by atoms with Gasteiger partial charge in [0.1, 0.15) is 18.2 Å². The van der Waals surface area contributed by atoms with Crippen molar-refractivity contribution in [2.24, 2.45) is 0 Å². The second-order valence-corrected chi connectivity index (χ2v) is 5.13. The maximum Gasteiger partial charge on any atom is 0.168 e. The number of rotatable bonds is 6. The molecule has 0 aliphatic heterocycles. The standard InChI is InChI=1S/C15H19N3OS/c1-4-16-14-9-11(2)17-15(18-14)10-19-12-7-5-6-8-13(12)20-3/h5-9H,4,10H2,1-3H3,(H,16,17,18). The summed E-state index contributed by atoms with van der Waals surface area (Å²) in [6.45, 7) is 5.22. The van der Waals surface area contributed by atoms with Crippen molar-refractivity contribution in [3.63, 3.8) is 0 Å². The van der Waals surface area contributed by atoms with Gasteiger partial charge in [0.25, 0.3) is 0 Å². The number of nitrogens with one attached hydrogen (secondary N) is 1. The zero-order chi connectivity index (χ0) is 14.4. The Balaban J connectivity index is 2.10. The highest BCUT2D eigenvalue weighted by Gasteiger charge is 2.05. The second kappa shape index (κ2) is 7.14. The lowest BCUT2D eigenvalue weighted by molar-refractivity contribution is 0.289. The minimum atomic E-state index is 0.373. The summed E-state index contributed by atoms with van der Waals surface area (Å²) in [6.07, 6.45) is 2.04. The maximum absolute atomic E-state index is 5.83. The largest absolute Gasteiger partial charge is 0.484 e. The van der Waals surface area contributed by atoms with Gasteiger partial charge in [0, 0.05) is 23.2 Å². The van der Waals surface area contributed by atoms with Crippen LogP contribution < -0.4 is 10.1 Å². The van der Waals surface area contributed by atoms with E-state index in [4.69, 9.17) is 4.74 Å². The molecule has 0 aliphatic carbocycles. The average molecular weight is 289 g/mol. The van der Waals surface area contributed by atoms with Crippen LogP contribution in [0.1, 0.15) is 18.4 Å². The van der Waals surface area contributed by atoms with Crippen molar-refractivity contribution in [1.29, 1.82) is 0 Å². The minimum absolute atomic E-state index is 0.373. The minimum Gasteiger partial charge on any atom is -0.484 e. The van der Waals surface area contributed by atoms with Gasteiger partial charge in [-0.2, -0.15) is 0 Å². The smallest absolute Gasteiger partial charge is 0.168 e. The normalized spacial score (nSPS) is 10.3. The van der Waals surface area contributed by atoms with E-state index >= 15 is 0 Å². The third-order valence-corrected chi connectivity index (χ3v) is 3.46. The molecule has 0 fully saturated rings. The molecule has 0 amide bonds. The molecule has 1 aromatic heterocycles. The summed E-state index contributed by atoms with van der Waals surface area (Å²) in [5.74, 6) is 2.41. The molecule has 1 N–H and O–H groups in total. The van der Waals surface area contributed by atoms with Crippen LogP contribution in [0.15, 0.2) is 35.2 Å². The van der Waals surface area contributed by atoms with Crippen LogP contribution in [0.5, 0.6) is 5.75 Å². The quantitative estimate of drug-likeness (QED) is 0.824. The number of para-hydroxylation sites is 1. The van der Waals surface area contributed by atoms with Crippen LogP contribution in [0.3, 0.4) is 0 Å². The van der Waals surface area contributed by atoms with Gasteiger partial charge in [-0.3, -0.25) is 0 Å². The fraction of sp³-hybridized carbons (Fsp3) is 0.333. The lowest BCUT2D eigenvalue weighted by atomic mass is 10.3. The van der Waals surface area contributed by atoms with E-state index in [1.807, 2.05) is 50.4 Å². The number of nitrogens with zero attached hydrogens (tertiary/aromatic N) is 2. The molecule has 2 aromatic rings. The predicted octanol–water partition coefficient (Wildman–Crippen LogP) is 3.52. The lowest BCUT2D eigenvalue weighted by Gasteiger charge is -2.10. The maximum atomic E-state index is 5.83. The van der Waals surface area contributed by atoms with E-state index in [9.17, 15) is 0 Å². The van der Waals surface area contributed by atoms with E-state index < -0.39 is 0 Å². The molecule has 20 heavy (non-hydrogen) atoms. The summed E-state index contributed by atoms with van der Waals surface area (Å²) in [4.78, 5) is 9.96. The lowest BCUT2D eigenvalue weighted by Crippen LogP contribution is -2.07. The van der Waals surface area contributed by atoms with Crippen LogP contribution >= 0.6 is 11.8 Å². The number of hydrogen-bond donors (Lipinski definition) is 1. The van der Waals surface area contributed by atoms with Crippen molar-refractivity contribution in [3.8, 4) is 5.75 Å². The van der Waals surface area contributed by atoms with E-state index in [-0.39, 0.29) is 0 Å². The predicted molar refractivity (Wildman–Crippen MR) is 83.5 cm³/mol. The van der Waals surface area contributed by atoms with Crippen LogP contribution in [-0.2, 0) is 6.61 Å². The molecule has 106 valence electrons. The third kappa shape index (κ3) is 3.87. The van der Waals surface area contributed by atoms with Crippen molar-refractivity contribution in [2.45, 2.75) is 25.3 Å². The number of anilines is 1. The van der Waals surface area contributed by atoms with Crippen molar-refractivity contribution < 1.29 is 4.74 Å². The van der Waals surface area contributed by atoms with Gasteiger partial charge in [-0.1, -0.05) is 12.1 Å². The molecule has 0 unspecified atom stereocenters. The number of thioether (sulfide) groups is 1. The van der Waals surface area contributed by atoms with Crippen LogP contribution in [0.4, 0.5) is 5.82 Å². The zero-order valence-electron chi connectivity index (χ0n) is 12.0. The molecule has 2 rings (SSSR count). The summed E-state index contributed by atoms with van der Waals surface area (Å²) in [7, 11) is 0. The molecule has 1 aromatic carbocycles. The number of benzene rings is 1. The van der Waals surface area contributed by atoms with Gasteiger partial charge in [-0.05, 0) is 32.2 Å². The third-order valence-electron chi connectivity index (χ3n) is 2.68. The first-order chi connectivity index (χ1) is 9.72. The highest BCUT2D eigenvalue weighted by molar-refractivity contribution is 7.98. The molecule has 5 heteroatoms. The number of hydrogen-bond acceptors (Lipinski definition) is 5. The van der Waals surface area contributed by atoms with Crippen LogP contribution in [0.2, 0.25) is 0 Å². The Morgan fingerprint density at radius 2 is 2.05 bits per heavy atom. The van der Waals surface area contributed by atoms with Gasteiger partial charge in [0.05, 0.1) is 0 Å². The number of aryl methyl sites for hydroxylation is 1. The summed E-state index contributed by atoms with van der Waals surface area (Å²) in [6, 6.07) is 9.91. The average Bonchev–Trinajstić information content (AvgIpc) is 2.45. The van der Waals surface area contributed by atoms with Crippen LogP contribution in [0, 0.1) is 6.92 Å². The Kier molecular flexibility index (Phi) is 5.24. The highest BCUT2D eigenvalue weighted by Crippen LogP contribution is 2.27. The molecule has 0 radical (unpaired) electrons. The van der Waals surface area contributed by atoms with E-state index in [2.05, 4.69) is 15.3 Å². The summed E-state index contributed by atoms with van der Waals surface area (Å²) in [5.41, 5.74) is 0.938. The molecule has 0 saturated heterocycles. The molecule has 1 heterocycles. The van der Waals surface area contributed by atoms with Gasteiger partial charge < -0.3 is 10.1 Å². The zero-order valence-corrected chi connectivity index (χ0v) is 12.8. The fourth-order valence-electron chi connectivity index (χ4n) is 1.85. The molecule has 0 saturated carbocycles. The Labute approximate surface area is 124 Å². The van der Waals surface area contributed by atoms with Gasteiger partial charge in [0.2, 0.25) is 0 Å². The Bertz CT molecular complexity index is 575. The van der Waals surface area contributed by atoms with Gasteiger partial charge in [0.15, 0.2) is 5.82 Å². The van der Waals surface area contributed by atoms with Crippen molar-refractivity contribution >= 4 is 17.6 Å². The van der Waals surface area contributed by atoms with Gasteiger partial charge in [-0.15, -0.1) is 11.8 Å².